The van der Waals surface area contributed by atoms with E-state index in [-0.39, 0.29) is 18.4 Å². The Balaban J connectivity index is 1.54. The molecule has 0 saturated heterocycles. The molecular formula is C18H15BrN4O2. The van der Waals surface area contributed by atoms with Gasteiger partial charge in [-0.3, -0.25) is 9.59 Å². The van der Waals surface area contributed by atoms with Crippen LogP contribution in [0.4, 0.5) is 5.69 Å². The summed E-state index contributed by atoms with van der Waals surface area (Å²) in [6.07, 6.45) is 3.54. The smallest absolute Gasteiger partial charge is 0.252 e. The monoisotopic (exact) mass is 398 g/mol. The molecule has 2 amide bonds. The lowest BCUT2D eigenvalue weighted by Gasteiger charge is -2.09. The summed E-state index contributed by atoms with van der Waals surface area (Å²) < 4.78 is 2.41. The number of anilines is 1. The van der Waals surface area contributed by atoms with Crippen molar-refractivity contribution in [1.82, 2.24) is 15.1 Å². The highest BCUT2D eigenvalue weighted by molar-refractivity contribution is 9.10. The quantitative estimate of drug-likeness (QED) is 0.693. The maximum absolute atomic E-state index is 12.1. The van der Waals surface area contributed by atoms with Crippen LogP contribution in [-0.4, -0.2) is 28.1 Å². The third kappa shape index (κ3) is 4.33. The molecule has 0 radical (unpaired) electrons. The van der Waals surface area contributed by atoms with Crippen molar-refractivity contribution in [3.05, 3.63) is 77.0 Å². The topological polar surface area (TPSA) is 76.0 Å². The molecule has 1 aromatic heterocycles. The van der Waals surface area contributed by atoms with Crippen LogP contribution >= 0.6 is 15.9 Å². The predicted octanol–water partition coefficient (Wildman–Crippen LogP) is 3.00. The zero-order valence-electron chi connectivity index (χ0n) is 13.1. The number of hydrogen-bond acceptors (Lipinski definition) is 3. The van der Waals surface area contributed by atoms with Gasteiger partial charge in [0, 0.05) is 22.6 Å². The molecule has 0 unspecified atom stereocenters. The van der Waals surface area contributed by atoms with Gasteiger partial charge < -0.3 is 10.6 Å². The van der Waals surface area contributed by atoms with E-state index in [0.717, 1.165) is 5.69 Å². The zero-order valence-corrected chi connectivity index (χ0v) is 14.7. The molecule has 6 nitrogen and oxygen atoms in total. The molecule has 7 heteroatoms. The van der Waals surface area contributed by atoms with Crippen LogP contribution in [0.5, 0.6) is 0 Å². The van der Waals surface area contributed by atoms with Gasteiger partial charge >= 0.3 is 0 Å². The molecule has 0 bridgehead atoms. The van der Waals surface area contributed by atoms with E-state index in [1.54, 1.807) is 41.2 Å². The van der Waals surface area contributed by atoms with Crippen molar-refractivity contribution < 1.29 is 9.59 Å². The highest BCUT2D eigenvalue weighted by Crippen LogP contribution is 2.15. The normalized spacial score (nSPS) is 10.3. The largest absolute Gasteiger partial charge is 0.343 e. The summed E-state index contributed by atoms with van der Waals surface area (Å²) in [5.74, 6) is -0.608. The number of carbonyl (C=O) groups excluding carboxylic acids is 2. The van der Waals surface area contributed by atoms with Crippen molar-refractivity contribution in [2.45, 2.75) is 0 Å². The van der Waals surface area contributed by atoms with Gasteiger partial charge in [-0.1, -0.05) is 12.1 Å². The van der Waals surface area contributed by atoms with Crippen molar-refractivity contribution in [1.29, 1.82) is 0 Å². The maximum atomic E-state index is 12.1. The first kappa shape index (κ1) is 16.9. The number of hydrogen-bond donors (Lipinski definition) is 2. The summed E-state index contributed by atoms with van der Waals surface area (Å²) in [5.41, 5.74) is 2.03. The van der Waals surface area contributed by atoms with Gasteiger partial charge in [-0.15, -0.1) is 0 Å². The van der Waals surface area contributed by atoms with Crippen molar-refractivity contribution in [3.8, 4) is 5.69 Å². The summed E-state index contributed by atoms with van der Waals surface area (Å²) in [6.45, 7) is -0.110. The van der Waals surface area contributed by atoms with E-state index in [0.29, 0.717) is 15.7 Å². The van der Waals surface area contributed by atoms with Gasteiger partial charge in [-0.05, 0) is 58.4 Å². The molecule has 3 rings (SSSR count). The van der Waals surface area contributed by atoms with Gasteiger partial charge in [-0.2, -0.15) is 5.10 Å². The van der Waals surface area contributed by atoms with E-state index in [1.807, 2.05) is 30.5 Å². The Hall–Kier alpha value is -2.93. The SMILES string of the molecule is O=C(CNC(=O)c1ccccc1Br)Nc1ccc(-n2cccn2)cc1. The molecule has 0 fully saturated rings. The fourth-order valence-electron chi connectivity index (χ4n) is 2.23. The Morgan fingerprint density at radius 3 is 2.48 bits per heavy atom. The first-order valence-corrected chi connectivity index (χ1v) is 8.35. The van der Waals surface area contributed by atoms with Crippen LogP contribution in [0.25, 0.3) is 5.69 Å². The molecular weight excluding hydrogens is 384 g/mol. The molecule has 126 valence electrons. The summed E-state index contributed by atoms with van der Waals surface area (Å²) in [7, 11) is 0. The van der Waals surface area contributed by atoms with E-state index in [9.17, 15) is 9.59 Å². The number of aromatic nitrogens is 2. The molecule has 3 aromatic rings. The standard InChI is InChI=1S/C18H15BrN4O2/c19-16-5-2-1-4-15(16)18(25)20-12-17(24)22-13-6-8-14(9-7-13)23-11-3-10-21-23/h1-11H,12H2,(H,20,25)(H,22,24). The molecule has 1 heterocycles. The third-order valence-corrected chi connectivity index (χ3v) is 4.14. The average molecular weight is 399 g/mol. The van der Waals surface area contributed by atoms with Crippen LogP contribution in [-0.2, 0) is 4.79 Å². The van der Waals surface area contributed by atoms with Crippen molar-refractivity contribution in [2.24, 2.45) is 0 Å². The summed E-state index contributed by atoms with van der Waals surface area (Å²) in [4.78, 5) is 24.1. The number of nitrogens with one attached hydrogen (secondary N) is 2. The highest BCUT2D eigenvalue weighted by Gasteiger charge is 2.10. The van der Waals surface area contributed by atoms with E-state index >= 15 is 0 Å². The Morgan fingerprint density at radius 1 is 1.04 bits per heavy atom. The minimum absolute atomic E-state index is 0.110. The molecule has 0 aliphatic rings. The fraction of sp³-hybridized carbons (Fsp3) is 0.0556. The molecule has 0 spiro atoms. The van der Waals surface area contributed by atoms with Crippen LogP contribution in [0.2, 0.25) is 0 Å². The van der Waals surface area contributed by atoms with E-state index in [1.165, 1.54) is 0 Å². The lowest BCUT2D eigenvalue weighted by molar-refractivity contribution is -0.115. The first-order valence-electron chi connectivity index (χ1n) is 7.56. The second-order valence-corrected chi connectivity index (χ2v) is 6.06. The zero-order chi connectivity index (χ0) is 17.6. The van der Waals surface area contributed by atoms with Crippen LogP contribution in [0.1, 0.15) is 10.4 Å². The predicted molar refractivity (Wildman–Crippen MR) is 98.7 cm³/mol. The number of nitrogens with zero attached hydrogens (tertiary/aromatic N) is 2. The van der Waals surface area contributed by atoms with Crippen LogP contribution in [0.3, 0.4) is 0 Å². The molecule has 0 aliphatic heterocycles. The van der Waals surface area contributed by atoms with Gasteiger partial charge in [0.15, 0.2) is 0 Å². The molecule has 2 N–H and O–H groups in total. The number of carbonyl (C=O) groups is 2. The Labute approximate surface area is 153 Å². The third-order valence-electron chi connectivity index (χ3n) is 3.45. The molecule has 0 atom stereocenters. The summed E-state index contributed by atoms with van der Waals surface area (Å²) in [5, 5.41) is 9.48. The van der Waals surface area contributed by atoms with Crippen LogP contribution < -0.4 is 10.6 Å². The van der Waals surface area contributed by atoms with E-state index in [4.69, 9.17) is 0 Å². The van der Waals surface area contributed by atoms with Gasteiger partial charge in [0.05, 0.1) is 17.8 Å². The lowest BCUT2D eigenvalue weighted by Crippen LogP contribution is -2.33. The molecule has 0 aliphatic carbocycles. The molecule has 0 saturated carbocycles. The van der Waals surface area contributed by atoms with Crippen molar-refractivity contribution >= 4 is 33.4 Å². The molecule has 25 heavy (non-hydrogen) atoms. The highest BCUT2D eigenvalue weighted by atomic mass is 79.9. The van der Waals surface area contributed by atoms with Gasteiger partial charge in [0.1, 0.15) is 0 Å². The van der Waals surface area contributed by atoms with Crippen LogP contribution in [0.15, 0.2) is 71.5 Å². The maximum Gasteiger partial charge on any atom is 0.252 e. The summed E-state index contributed by atoms with van der Waals surface area (Å²) >= 11 is 3.31. The van der Waals surface area contributed by atoms with Gasteiger partial charge in [0.25, 0.3) is 5.91 Å². The van der Waals surface area contributed by atoms with Crippen molar-refractivity contribution in [2.75, 3.05) is 11.9 Å². The average Bonchev–Trinajstić information content (AvgIpc) is 3.15. The number of amides is 2. The minimum Gasteiger partial charge on any atom is -0.343 e. The van der Waals surface area contributed by atoms with E-state index < -0.39 is 0 Å². The lowest BCUT2D eigenvalue weighted by atomic mass is 10.2. The van der Waals surface area contributed by atoms with E-state index in [2.05, 4.69) is 31.7 Å². The second kappa shape index (κ2) is 7.76. The fourth-order valence-corrected chi connectivity index (χ4v) is 2.69. The number of benzene rings is 2. The molecule has 2 aromatic carbocycles. The van der Waals surface area contributed by atoms with Gasteiger partial charge in [-0.25, -0.2) is 4.68 Å². The minimum atomic E-state index is -0.309. The van der Waals surface area contributed by atoms with Crippen molar-refractivity contribution in [3.63, 3.8) is 0 Å². The Kier molecular flexibility index (Phi) is 5.25. The first-order chi connectivity index (χ1) is 12.1. The number of rotatable bonds is 5. The van der Waals surface area contributed by atoms with Crippen LogP contribution in [0, 0.1) is 0 Å². The summed E-state index contributed by atoms with van der Waals surface area (Å²) in [6, 6.07) is 16.1. The Morgan fingerprint density at radius 2 is 1.80 bits per heavy atom. The number of halogens is 1. The Bertz CT molecular complexity index is 876. The second-order valence-electron chi connectivity index (χ2n) is 5.21. The van der Waals surface area contributed by atoms with Gasteiger partial charge in [0.2, 0.25) is 5.91 Å².